The molecule has 0 aliphatic carbocycles. The van der Waals surface area contributed by atoms with Crippen molar-refractivity contribution in [2.45, 2.75) is 29.5 Å². The largest absolute Gasteiger partial charge is 0.386 e. The first kappa shape index (κ1) is 22.2. The third-order valence-corrected chi connectivity index (χ3v) is 6.54. The van der Waals surface area contributed by atoms with Gasteiger partial charge in [-0.2, -0.15) is 12.6 Å². The Bertz CT molecular complexity index is 878. The lowest BCUT2D eigenvalue weighted by atomic mass is 10.1. The third kappa shape index (κ3) is 5.58. The number of thiol groups is 1. The van der Waals surface area contributed by atoms with E-state index in [2.05, 4.69) is 12.6 Å². The van der Waals surface area contributed by atoms with E-state index in [0.717, 1.165) is 4.90 Å². The van der Waals surface area contributed by atoms with Gasteiger partial charge in [0.05, 0.1) is 5.56 Å². The lowest BCUT2D eigenvalue weighted by molar-refractivity contribution is -0.238. The molecule has 0 radical (unpaired) electrons. The highest BCUT2D eigenvalue weighted by molar-refractivity contribution is 8.00. The lowest BCUT2D eigenvalue weighted by Crippen LogP contribution is -2.44. The van der Waals surface area contributed by atoms with Gasteiger partial charge in [-0.15, -0.1) is 11.8 Å². The Balaban J connectivity index is 1.67. The molecule has 3 atom stereocenters. The van der Waals surface area contributed by atoms with Crippen molar-refractivity contribution in [3.63, 3.8) is 0 Å². The predicted molar refractivity (Wildman–Crippen MR) is 117 cm³/mol. The molecule has 2 aromatic carbocycles. The minimum Gasteiger partial charge on any atom is -0.327 e. The molecule has 1 aliphatic rings. The number of nitrogens with zero attached hydrogens (tertiary/aromatic N) is 1. The summed E-state index contributed by atoms with van der Waals surface area (Å²) < 4.78 is 0. The molecule has 1 heterocycles. The van der Waals surface area contributed by atoms with Gasteiger partial charge in [-0.3, -0.25) is 4.79 Å². The first-order valence-electron chi connectivity index (χ1n) is 9.60. The van der Waals surface area contributed by atoms with E-state index in [1.165, 1.54) is 4.90 Å². The number of rotatable bonds is 6. The van der Waals surface area contributed by atoms with E-state index in [1.54, 1.807) is 49.0 Å². The summed E-state index contributed by atoms with van der Waals surface area (Å²) in [6.07, 6.45) is 0.409. The van der Waals surface area contributed by atoms with Crippen LogP contribution in [0.4, 0.5) is 0 Å². The minimum absolute atomic E-state index is 0.0193. The fourth-order valence-corrected chi connectivity index (χ4v) is 4.53. The van der Waals surface area contributed by atoms with Crippen LogP contribution < -0.4 is 0 Å². The average Bonchev–Trinajstić information content (AvgIpc) is 3.21. The lowest BCUT2D eigenvalue weighted by Gasteiger charge is -2.24. The summed E-state index contributed by atoms with van der Waals surface area (Å²) in [5, 5.41) is 0.0193. The van der Waals surface area contributed by atoms with Crippen LogP contribution in [-0.2, 0) is 19.4 Å². The molecule has 0 bridgehead atoms. The molecule has 1 aliphatic heterocycles. The predicted octanol–water partition coefficient (Wildman–Crippen LogP) is 3.63. The normalized spacial score (nSPS) is 19.2. The van der Waals surface area contributed by atoms with Crippen molar-refractivity contribution in [3.05, 3.63) is 66.2 Å². The van der Waals surface area contributed by atoms with Gasteiger partial charge in [0.1, 0.15) is 6.04 Å². The summed E-state index contributed by atoms with van der Waals surface area (Å²) in [4.78, 5) is 49.6. The fourth-order valence-electron chi connectivity index (χ4n) is 3.16. The number of carbonyl (C=O) groups excluding carboxylic acids is 3. The number of carbonyl (C=O) groups is 3. The van der Waals surface area contributed by atoms with Crippen LogP contribution in [0.5, 0.6) is 0 Å². The van der Waals surface area contributed by atoms with Crippen molar-refractivity contribution < 1.29 is 24.2 Å². The van der Waals surface area contributed by atoms with Crippen molar-refractivity contribution in [1.82, 2.24) is 4.90 Å². The molecule has 1 amide bonds. The molecule has 6 nitrogen and oxygen atoms in total. The Labute approximate surface area is 185 Å². The van der Waals surface area contributed by atoms with E-state index in [1.807, 2.05) is 30.3 Å². The monoisotopic (exact) mass is 445 g/mol. The van der Waals surface area contributed by atoms with Gasteiger partial charge in [0.2, 0.25) is 5.91 Å². The Morgan fingerprint density at radius 1 is 1.07 bits per heavy atom. The van der Waals surface area contributed by atoms with E-state index in [-0.39, 0.29) is 22.6 Å². The summed E-state index contributed by atoms with van der Waals surface area (Å²) >= 11 is 5.81. The fraction of sp³-hybridized carbons (Fsp3) is 0.318. The molecule has 0 aromatic heterocycles. The van der Waals surface area contributed by atoms with Crippen LogP contribution in [0, 0.1) is 5.92 Å². The van der Waals surface area contributed by atoms with Crippen molar-refractivity contribution >= 4 is 42.2 Å². The summed E-state index contributed by atoms with van der Waals surface area (Å²) in [5.41, 5.74) is 0.269. The molecule has 30 heavy (non-hydrogen) atoms. The number of hydrogen-bond donors (Lipinski definition) is 1. The van der Waals surface area contributed by atoms with Crippen LogP contribution in [0.2, 0.25) is 0 Å². The van der Waals surface area contributed by atoms with Crippen molar-refractivity contribution in [2.75, 3.05) is 12.3 Å². The van der Waals surface area contributed by atoms with Gasteiger partial charge in [-0.1, -0.05) is 43.3 Å². The molecule has 0 unspecified atom stereocenters. The summed E-state index contributed by atoms with van der Waals surface area (Å²) in [6, 6.07) is 17.2. The zero-order valence-electron chi connectivity index (χ0n) is 16.5. The van der Waals surface area contributed by atoms with Gasteiger partial charge < -0.3 is 4.90 Å². The smallest absolute Gasteiger partial charge is 0.327 e. The average molecular weight is 446 g/mol. The Morgan fingerprint density at radius 3 is 2.33 bits per heavy atom. The molecule has 0 spiro atoms. The minimum atomic E-state index is -0.815. The highest BCUT2D eigenvalue weighted by Crippen LogP contribution is 2.34. The highest BCUT2D eigenvalue weighted by Gasteiger charge is 2.42. The molecular formula is C22H23NO5S2. The van der Waals surface area contributed by atoms with E-state index in [9.17, 15) is 14.4 Å². The quantitative estimate of drug-likeness (QED) is 0.416. The van der Waals surface area contributed by atoms with Crippen LogP contribution in [0.1, 0.15) is 23.7 Å². The van der Waals surface area contributed by atoms with Crippen LogP contribution in [-0.4, -0.2) is 46.3 Å². The van der Waals surface area contributed by atoms with E-state index in [0.29, 0.717) is 18.7 Å². The number of hydrogen-bond acceptors (Lipinski definition) is 7. The second-order valence-corrected chi connectivity index (χ2v) is 8.76. The number of amides is 1. The Hall–Kier alpha value is -2.45. The van der Waals surface area contributed by atoms with Gasteiger partial charge in [0, 0.05) is 28.4 Å². The molecular weight excluding hydrogens is 422 g/mol. The molecule has 158 valence electrons. The molecule has 2 aromatic rings. The SMILES string of the molecule is C[C@H](CS)C(=O)N1C[C@@H](Sc2ccccc2)C[C@H]1C(=O)OOC(=O)c1ccccc1. The second kappa shape index (κ2) is 10.5. The van der Waals surface area contributed by atoms with E-state index in [4.69, 9.17) is 9.78 Å². The van der Waals surface area contributed by atoms with Gasteiger partial charge in [0.15, 0.2) is 0 Å². The second-order valence-electron chi connectivity index (χ2n) is 7.02. The highest BCUT2D eigenvalue weighted by atomic mass is 32.2. The Kier molecular flexibility index (Phi) is 7.81. The topological polar surface area (TPSA) is 72.9 Å². The van der Waals surface area contributed by atoms with Gasteiger partial charge in [0.25, 0.3) is 0 Å². The maximum Gasteiger partial charge on any atom is 0.386 e. The number of likely N-dealkylation sites (tertiary alicyclic amines) is 1. The first-order valence-corrected chi connectivity index (χ1v) is 11.1. The molecule has 1 fully saturated rings. The van der Waals surface area contributed by atoms with Gasteiger partial charge in [-0.25, -0.2) is 19.4 Å². The molecule has 3 rings (SSSR count). The van der Waals surface area contributed by atoms with Crippen LogP contribution in [0.15, 0.2) is 65.6 Å². The summed E-state index contributed by atoms with van der Waals surface area (Å²) in [5.74, 6) is -1.65. The Morgan fingerprint density at radius 2 is 1.70 bits per heavy atom. The zero-order valence-corrected chi connectivity index (χ0v) is 18.2. The number of thioether (sulfide) groups is 1. The maximum absolute atomic E-state index is 12.8. The molecule has 0 saturated carbocycles. The van der Waals surface area contributed by atoms with Gasteiger partial charge in [-0.05, 0) is 30.7 Å². The van der Waals surface area contributed by atoms with Crippen LogP contribution in [0.3, 0.4) is 0 Å². The maximum atomic E-state index is 12.8. The molecule has 0 N–H and O–H groups in total. The standard InChI is InChI=1S/C22H23NO5S2/c1-15(14-29)20(24)23-13-18(30-17-10-6-3-7-11-17)12-19(23)22(26)28-27-21(25)16-8-4-2-5-9-16/h2-11,15,18-19,29H,12-14H2,1H3/t15-,18+,19+/m1/s1. The van der Waals surface area contributed by atoms with Crippen molar-refractivity contribution in [3.8, 4) is 0 Å². The van der Waals surface area contributed by atoms with Crippen molar-refractivity contribution in [1.29, 1.82) is 0 Å². The van der Waals surface area contributed by atoms with Crippen LogP contribution in [0.25, 0.3) is 0 Å². The van der Waals surface area contributed by atoms with Gasteiger partial charge >= 0.3 is 11.9 Å². The van der Waals surface area contributed by atoms with E-state index < -0.39 is 18.0 Å². The van der Waals surface area contributed by atoms with Crippen molar-refractivity contribution in [2.24, 2.45) is 5.92 Å². The zero-order chi connectivity index (χ0) is 21.5. The van der Waals surface area contributed by atoms with Crippen LogP contribution >= 0.6 is 24.4 Å². The molecule has 1 saturated heterocycles. The first-order chi connectivity index (χ1) is 14.5. The molecule has 8 heteroatoms. The van der Waals surface area contributed by atoms with E-state index >= 15 is 0 Å². The summed E-state index contributed by atoms with van der Waals surface area (Å²) in [6.45, 7) is 2.17. The number of benzene rings is 2. The third-order valence-electron chi connectivity index (χ3n) is 4.77. The summed E-state index contributed by atoms with van der Waals surface area (Å²) in [7, 11) is 0.